The predicted octanol–water partition coefficient (Wildman–Crippen LogP) is 4.28. The molecule has 166 valence electrons. The Hall–Kier alpha value is -3.69. The maximum atomic E-state index is 13.7. The zero-order chi connectivity index (χ0) is 23.2. The van der Waals surface area contributed by atoms with Gasteiger partial charge in [-0.3, -0.25) is 25.0 Å². The molecule has 0 radical (unpaired) electrons. The average Bonchev–Trinajstić information content (AvgIpc) is 3.26. The van der Waals surface area contributed by atoms with Gasteiger partial charge in [0.1, 0.15) is 5.82 Å². The number of benzene rings is 3. The minimum atomic E-state index is -0.746. The van der Waals surface area contributed by atoms with Gasteiger partial charge in [-0.05, 0) is 48.5 Å². The van der Waals surface area contributed by atoms with Gasteiger partial charge in [0.2, 0.25) is 5.91 Å². The average molecular weight is 482 g/mol. The van der Waals surface area contributed by atoms with Gasteiger partial charge in [0.25, 0.3) is 5.91 Å². The molecule has 0 spiro atoms. The van der Waals surface area contributed by atoms with E-state index in [-0.39, 0.29) is 11.3 Å². The Morgan fingerprint density at radius 2 is 1.61 bits per heavy atom. The van der Waals surface area contributed by atoms with E-state index >= 15 is 0 Å². The third-order valence-corrected chi connectivity index (χ3v) is 5.70. The Balaban J connectivity index is 1.48. The van der Waals surface area contributed by atoms with Crippen LogP contribution in [0.3, 0.4) is 0 Å². The summed E-state index contributed by atoms with van der Waals surface area (Å²) in [5.74, 6) is -1.37. The van der Waals surface area contributed by atoms with E-state index < -0.39 is 17.6 Å². The summed E-state index contributed by atoms with van der Waals surface area (Å²) < 4.78 is 15.5. The highest BCUT2D eigenvalue weighted by Gasteiger charge is 2.18. The van der Waals surface area contributed by atoms with E-state index in [1.807, 2.05) is 47.0 Å². The normalized spacial score (nSPS) is 10.6. The first-order valence-electron chi connectivity index (χ1n) is 9.76. The standard InChI is InChI=1S/C23H17ClFN5O2S/c24-16-12-10-15(11-13-16)21-27-29-23(30(21)17-6-2-1-3-7-17)33-14-20(31)26-28-22(32)18-8-4-5-9-19(18)25/h1-13H,14H2,(H,26,31)(H,28,32). The van der Waals surface area contributed by atoms with Crippen molar-refractivity contribution < 1.29 is 14.0 Å². The Kier molecular flexibility index (Phi) is 7.01. The predicted molar refractivity (Wildman–Crippen MR) is 125 cm³/mol. The smallest absolute Gasteiger partial charge is 0.272 e. The Morgan fingerprint density at radius 1 is 0.909 bits per heavy atom. The summed E-state index contributed by atoms with van der Waals surface area (Å²) in [6.45, 7) is 0. The summed E-state index contributed by atoms with van der Waals surface area (Å²) in [7, 11) is 0. The zero-order valence-electron chi connectivity index (χ0n) is 17.0. The highest BCUT2D eigenvalue weighted by Crippen LogP contribution is 2.28. The van der Waals surface area contributed by atoms with Crippen LogP contribution in [0.2, 0.25) is 5.02 Å². The topological polar surface area (TPSA) is 88.9 Å². The van der Waals surface area contributed by atoms with Crippen molar-refractivity contribution in [3.63, 3.8) is 0 Å². The molecule has 0 aliphatic carbocycles. The summed E-state index contributed by atoms with van der Waals surface area (Å²) in [5.41, 5.74) is 5.96. The Bertz CT molecular complexity index is 1280. The van der Waals surface area contributed by atoms with Crippen molar-refractivity contribution in [1.82, 2.24) is 25.6 Å². The number of amides is 2. The highest BCUT2D eigenvalue weighted by atomic mass is 35.5. The number of aromatic nitrogens is 3. The van der Waals surface area contributed by atoms with Crippen molar-refractivity contribution in [2.24, 2.45) is 0 Å². The molecular weight excluding hydrogens is 465 g/mol. The molecule has 10 heteroatoms. The number of hydrazine groups is 1. The lowest BCUT2D eigenvalue weighted by molar-refractivity contribution is -0.119. The Morgan fingerprint density at radius 3 is 2.33 bits per heavy atom. The van der Waals surface area contributed by atoms with Crippen molar-refractivity contribution in [1.29, 1.82) is 0 Å². The van der Waals surface area contributed by atoms with Crippen molar-refractivity contribution in [3.05, 3.63) is 95.3 Å². The summed E-state index contributed by atoms with van der Waals surface area (Å²) >= 11 is 7.15. The molecule has 7 nitrogen and oxygen atoms in total. The minimum absolute atomic E-state index is 0.0524. The molecule has 1 aromatic heterocycles. The number of nitrogens with one attached hydrogen (secondary N) is 2. The molecule has 0 bridgehead atoms. The molecule has 0 aliphatic heterocycles. The number of halogens is 2. The van der Waals surface area contributed by atoms with Gasteiger partial charge in [0.05, 0.1) is 11.3 Å². The Labute approximate surface area is 198 Å². The number of nitrogens with zero attached hydrogens (tertiary/aromatic N) is 3. The molecule has 2 amide bonds. The fourth-order valence-corrected chi connectivity index (χ4v) is 3.84. The lowest BCUT2D eigenvalue weighted by Crippen LogP contribution is -2.42. The number of carbonyl (C=O) groups is 2. The van der Waals surface area contributed by atoms with E-state index in [1.54, 1.807) is 12.1 Å². The van der Waals surface area contributed by atoms with E-state index in [1.165, 1.54) is 24.3 Å². The summed E-state index contributed by atoms with van der Waals surface area (Å²) in [6, 6.07) is 22.2. The number of rotatable bonds is 6. The number of thioether (sulfide) groups is 1. The van der Waals surface area contributed by atoms with Gasteiger partial charge in [-0.1, -0.05) is 53.7 Å². The van der Waals surface area contributed by atoms with Gasteiger partial charge < -0.3 is 0 Å². The monoisotopic (exact) mass is 481 g/mol. The van der Waals surface area contributed by atoms with Gasteiger partial charge in [-0.25, -0.2) is 4.39 Å². The molecule has 4 rings (SSSR count). The van der Waals surface area contributed by atoms with Crippen LogP contribution < -0.4 is 10.9 Å². The molecule has 2 N–H and O–H groups in total. The molecule has 0 aliphatic rings. The number of carbonyl (C=O) groups excluding carboxylic acids is 2. The first-order chi connectivity index (χ1) is 16.0. The second-order valence-electron chi connectivity index (χ2n) is 6.75. The third kappa shape index (κ3) is 5.39. The number of hydrogen-bond donors (Lipinski definition) is 2. The fourth-order valence-electron chi connectivity index (χ4n) is 2.96. The van der Waals surface area contributed by atoms with E-state index in [0.717, 1.165) is 23.0 Å². The zero-order valence-corrected chi connectivity index (χ0v) is 18.6. The van der Waals surface area contributed by atoms with E-state index in [4.69, 9.17) is 11.6 Å². The molecule has 0 atom stereocenters. The fraction of sp³-hybridized carbons (Fsp3) is 0.0435. The largest absolute Gasteiger partial charge is 0.272 e. The van der Waals surface area contributed by atoms with Gasteiger partial charge >= 0.3 is 0 Å². The first-order valence-corrected chi connectivity index (χ1v) is 11.1. The maximum absolute atomic E-state index is 13.7. The van der Waals surface area contributed by atoms with Gasteiger partial charge in [-0.2, -0.15) is 0 Å². The quantitative estimate of drug-likeness (QED) is 0.317. The molecule has 3 aromatic carbocycles. The second-order valence-corrected chi connectivity index (χ2v) is 8.13. The van der Waals surface area contributed by atoms with Crippen molar-refractivity contribution in [3.8, 4) is 17.1 Å². The third-order valence-electron chi connectivity index (χ3n) is 4.52. The highest BCUT2D eigenvalue weighted by molar-refractivity contribution is 7.99. The van der Waals surface area contributed by atoms with Crippen LogP contribution in [0.25, 0.3) is 17.1 Å². The first kappa shape index (κ1) is 22.5. The van der Waals surface area contributed by atoms with Crippen molar-refractivity contribution in [2.75, 3.05) is 5.75 Å². The lowest BCUT2D eigenvalue weighted by atomic mass is 10.2. The van der Waals surface area contributed by atoms with E-state index in [2.05, 4.69) is 21.0 Å². The van der Waals surface area contributed by atoms with Crippen LogP contribution in [0.1, 0.15) is 10.4 Å². The van der Waals surface area contributed by atoms with Crippen molar-refractivity contribution >= 4 is 35.2 Å². The van der Waals surface area contributed by atoms with Crippen LogP contribution in [0.4, 0.5) is 4.39 Å². The van der Waals surface area contributed by atoms with Crippen LogP contribution in [0.15, 0.2) is 84.0 Å². The molecule has 0 unspecified atom stereocenters. The summed E-state index contributed by atoms with van der Waals surface area (Å²) in [6.07, 6.45) is 0. The lowest BCUT2D eigenvalue weighted by Gasteiger charge is -2.11. The molecule has 0 saturated heterocycles. The molecule has 1 heterocycles. The number of para-hydroxylation sites is 1. The van der Waals surface area contributed by atoms with E-state index in [9.17, 15) is 14.0 Å². The SMILES string of the molecule is O=C(CSc1nnc(-c2ccc(Cl)cc2)n1-c1ccccc1)NNC(=O)c1ccccc1F. The molecular formula is C23H17ClFN5O2S. The van der Waals surface area contributed by atoms with Crippen LogP contribution in [-0.4, -0.2) is 32.3 Å². The molecule has 33 heavy (non-hydrogen) atoms. The van der Waals surface area contributed by atoms with Crippen LogP contribution >= 0.6 is 23.4 Å². The molecule has 0 fully saturated rings. The minimum Gasteiger partial charge on any atom is -0.272 e. The number of hydrogen-bond acceptors (Lipinski definition) is 5. The van der Waals surface area contributed by atoms with Crippen LogP contribution in [-0.2, 0) is 4.79 Å². The van der Waals surface area contributed by atoms with Gasteiger partial charge in [0.15, 0.2) is 11.0 Å². The van der Waals surface area contributed by atoms with E-state index in [0.29, 0.717) is 16.0 Å². The summed E-state index contributed by atoms with van der Waals surface area (Å²) in [4.78, 5) is 24.3. The second kappa shape index (κ2) is 10.3. The van der Waals surface area contributed by atoms with Crippen LogP contribution in [0.5, 0.6) is 0 Å². The maximum Gasteiger partial charge on any atom is 0.272 e. The van der Waals surface area contributed by atoms with Crippen LogP contribution in [0, 0.1) is 5.82 Å². The van der Waals surface area contributed by atoms with Gasteiger partial charge in [-0.15, -0.1) is 10.2 Å². The van der Waals surface area contributed by atoms with Gasteiger partial charge in [0, 0.05) is 16.3 Å². The summed E-state index contributed by atoms with van der Waals surface area (Å²) in [5, 5.41) is 9.64. The molecule has 0 saturated carbocycles. The molecule has 4 aromatic rings. The van der Waals surface area contributed by atoms with Crippen molar-refractivity contribution in [2.45, 2.75) is 5.16 Å².